The number of aromatic nitrogens is 1. The quantitative estimate of drug-likeness (QED) is 0.438. The highest BCUT2D eigenvalue weighted by Crippen LogP contribution is 2.23. The Morgan fingerprint density at radius 1 is 1.23 bits per heavy atom. The number of carbonyl (C=O) groups excluding carboxylic acids is 2. The smallest absolute Gasteiger partial charge is 0.220 e. The molecule has 0 radical (unpaired) electrons. The number of ether oxygens (including phenoxy) is 1. The third-order valence-electron chi connectivity index (χ3n) is 4.11. The van der Waals surface area contributed by atoms with Crippen molar-refractivity contribution in [1.29, 1.82) is 0 Å². The van der Waals surface area contributed by atoms with Crippen LogP contribution in [-0.2, 0) is 9.53 Å². The minimum atomic E-state index is -0.544. The third-order valence-corrected chi connectivity index (χ3v) is 5.16. The minimum absolute atomic E-state index is 0.103. The van der Waals surface area contributed by atoms with Crippen LogP contribution < -0.4 is 11.1 Å². The first-order valence-corrected chi connectivity index (χ1v) is 9.85. The van der Waals surface area contributed by atoms with Crippen LogP contribution in [0.4, 0.5) is 0 Å². The molecule has 0 unspecified atom stereocenters. The summed E-state index contributed by atoms with van der Waals surface area (Å²) in [6, 6.07) is 7.12. The lowest BCUT2D eigenvalue weighted by molar-refractivity contribution is -0.121. The number of amides is 1. The van der Waals surface area contributed by atoms with Gasteiger partial charge in [-0.2, -0.15) is 0 Å². The molecule has 1 aromatic carbocycles. The van der Waals surface area contributed by atoms with Gasteiger partial charge in [0.2, 0.25) is 11.7 Å². The normalized spacial score (nSPS) is 12.2. The van der Waals surface area contributed by atoms with Crippen LogP contribution >= 0.6 is 11.3 Å². The molecular formula is C19H27N3O3S. The fourth-order valence-corrected chi connectivity index (χ4v) is 3.65. The van der Waals surface area contributed by atoms with Gasteiger partial charge >= 0.3 is 0 Å². The molecule has 3 N–H and O–H groups in total. The maximum Gasteiger partial charge on any atom is 0.220 e. The van der Waals surface area contributed by atoms with E-state index in [1.165, 1.54) is 11.3 Å². The highest BCUT2D eigenvalue weighted by atomic mass is 32.1. The molecule has 0 bridgehead atoms. The van der Waals surface area contributed by atoms with Gasteiger partial charge in [-0.3, -0.25) is 9.59 Å². The summed E-state index contributed by atoms with van der Waals surface area (Å²) in [5, 5.41) is 3.34. The lowest BCUT2D eigenvalue weighted by Gasteiger charge is -2.16. The number of carbonyl (C=O) groups is 2. The van der Waals surface area contributed by atoms with E-state index in [1.54, 1.807) is 7.11 Å². The minimum Gasteiger partial charge on any atom is -0.385 e. The fourth-order valence-electron chi connectivity index (χ4n) is 2.69. The van der Waals surface area contributed by atoms with Crippen LogP contribution in [0.5, 0.6) is 0 Å². The molecule has 7 heteroatoms. The molecule has 1 heterocycles. The zero-order valence-electron chi connectivity index (χ0n) is 15.2. The Morgan fingerprint density at radius 2 is 2.04 bits per heavy atom. The zero-order valence-corrected chi connectivity index (χ0v) is 16.0. The number of hydrogen-bond donors (Lipinski definition) is 2. The predicted octanol–water partition coefficient (Wildman–Crippen LogP) is 2.91. The summed E-state index contributed by atoms with van der Waals surface area (Å²) in [5.41, 5.74) is 6.37. The monoisotopic (exact) mass is 377 g/mol. The number of nitrogens with zero attached hydrogens (tertiary/aromatic N) is 1. The first-order valence-electron chi connectivity index (χ1n) is 9.04. The van der Waals surface area contributed by atoms with E-state index in [0.29, 0.717) is 31.0 Å². The molecule has 0 saturated carbocycles. The van der Waals surface area contributed by atoms with Crippen molar-refractivity contribution in [3.63, 3.8) is 0 Å². The van der Waals surface area contributed by atoms with Crippen LogP contribution in [0.1, 0.15) is 48.3 Å². The molecule has 6 nitrogen and oxygen atoms in total. The van der Waals surface area contributed by atoms with E-state index in [4.69, 9.17) is 10.5 Å². The van der Waals surface area contributed by atoms with E-state index in [2.05, 4.69) is 10.3 Å². The molecule has 0 aliphatic heterocycles. The maximum absolute atomic E-state index is 12.9. The molecule has 1 amide bonds. The molecule has 1 aromatic heterocycles. The van der Waals surface area contributed by atoms with Gasteiger partial charge in [-0.25, -0.2) is 4.98 Å². The van der Waals surface area contributed by atoms with E-state index >= 15 is 0 Å². The number of para-hydroxylation sites is 1. The van der Waals surface area contributed by atoms with Crippen molar-refractivity contribution in [3.8, 4) is 0 Å². The van der Waals surface area contributed by atoms with E-state index in [9.17, 15) is 9.59 Å². The van der Waals surface area contributed by atoms with Crippen molar-refractivity contribution in [3.05, 3.63) is 29.3 Å². The number of rotatable bonds is 12. The van der Waals surface area contributed by atoms with Crippen LogP contribution in [-0.4, -0.2) is 43.0 Å². The number of Topliss-reactive ketones (excluding diaryl/α,β-unsaturated/α-hetero) is 1. The third kappa shape index (κ3) is 6.16. The lowest BCUT2D eigenvalue weighted by Crippen LogP contribution is -2.40. The SMILES string of the molecule is COCCCCC(=O)N[C@H](CCCCN)C(=O)c1nc2ccccc2s1. The molecule has 2 aromatic rings. The number of ketones is 1. The molecule has 0 saturated heterocycles. The van der Waals surface area contributed by atoms with Crippen molar-refractivity contribution in [2.75, 3.05) is 20.3 Å². The molecule has 0 aliphatic carbocycles. The van der Waals surface area contributed by atoms with E-state index in [1.807, 2.05) is 24.3 Å². The second-order valence-electron chi connectivity index (χ2n) is 6.21. The van der Waals surface area contributed by atoms with Gasteiger partial charge in [0.05, 0.1) is 16.3 Å². The number of nitrogens with two attached hydrogens (primary N) is 1. The van der Waals surface area contributed by atoms with Gasteiger partial charge in [-0.15, -0.1) is 11.3 Å². The first kappa shape index (κ1) is 20.5. The van der Waals surface area contributed by atoms with Gasteiger partial charge in [0, 0.05) is 20.1 Å². The number of methoxy groups -OCH3 is 1. The van der Waals surface area contributed by atoms with Crippen LogP contribution in [0, 0.1) is 0 Å². The predicted molar refractivity (Wildman–Crippen MR) is 105 cm³/mol. The van der Waals surface area contributed by atoms with Gasteiger partial charge in [0.15, 0.2) is 5.01 Å². The zero-order chi connectivity index (χ0) is 18.8. The molecule has 142 valence electrons. The van der Waals surface area contributed by atoms with Crippen molar-refractivity contribution in [2.24, 2.45) is 5.73 Å². The second-order valence-corrected chi connectivity index (χ2v) is 7.24. The second kappa shape index (κ2) is 11.0. The first-order chi connectivity index (χ1) is 12.7. The number of nitrogens with one attached hydrogen (secondary N) is 1. The summed E-state index contributed by atoms with van der Waals surface area (Å²) in [6.45, 7) is 1.21. The van der Waals surface area contributed by atoms with E-state index < -0.39 is 6.04 Å². The van der Waals surface area contributed by atoms with Gasteiger partial charge < -0.3 is 15.8 Å². The number of unbranched alkanes of at least 4 members (excludes halogenated alkanes) is 2. The van der Waals surface area contributed by atoms with Gasteiger partial charge in [0.1, 0.15) is 0 Å². The number of benzene rings is 1. The average molecular weight is 378 g/mol. The Bertz CT molecular complexity index is 684. The van der Waals surface area contributed by atoms with Crippen LogP contribution in [0.3, 0.4) is 0 Å². The van der Waals surface area contributed by atoms with Crippen LogP contribution in [0.25, 0.3) is 10.2 Å². The van der Waals surface area contributed by atoms with Crippen LogP contribution in [0.15, 0.2) is 24.3 Å². The lowest BCUT2D eigenvalue weighted by atomic mass is 10.0. The van der Waals surface area contributed by atoms with E-state index in [0.717, 1.165) is 35.9 Å². The molecule has 26 heavy (non-hydrogen) atoms. The molecule has 1 atom stereocenters. The number of thiazole rings is 1. The molecule has 0 aliphatic rings. The Labute approximate surface area is 158 Å². The van der Waals surface area contributed by atoms with Crippen molar-refractivity contribution < 1.29 is 14.3 Å². The molecule has 0 fully saturated rings. The Kier molecular flexibility index (Phi) is 8.67. The standard InChI is InChI=1S/C19H27N3O3S/c1-25-13-7-5-11-17(23)21-15(9-4-6-12-20)18(24)19-22-14-8-2-3-10-16(14)26-19/h2-3,8,10,15H,4-7,9,11-13,20H2,1H3,(H,21,23)/t15-/m1/s1. The Balaban J connectivity index is 2.02. The summed E-state index contributed by atoms with van der Waals surface area (Å²) in [6.07, 6.45) is 4.16. The summed E-state index contributed by atoms with van der Waals surface area (Å²) < 4.78 is 5.97. The highest BCUT2D eigenvalue weighted by Gasteiger charge is 2.24. The summed E-state index contributed by atoms with van der Waals surface area (Å²) in [7, 11) is 1.64. The van der Waals surface area contributed by atoms with Gasteiger partial charge in [0.25, 0.3) is 0 Å². The Morgan fingerprint density at radius 3 is 2.77 bits per heavy atom. The largest absolute Gasteiger partial charge is 0.385 e. The fraction of sp³-hybridized carbons (Fsp3) is 0.526. The molecular weight excluding hydrogens is 350 g/mol. The summed E-state index contributed by atoms with van der Waals surface area (Å²) >= 11 is 1.37. The summed E-state index contributed by atoms with van der Waals surface area (Å²) in [5.74, 6) is -0.221. The van der Waals surface area contributed by atoms with Crippen LogP contribution in [0.2, 0.25) is 0 Å². The highest BCUT2D eigenvalue weighted by molar-refractivity contribution is 7.20. The Hall–Kier alpha value is -1.83. The number of fused-ring (bicyclic) bond motifs is 1. The van der Waals surface area contributed by atoms with E-state index in [-0.39, 0.29) is 11.7 Å². The average Bonchev–Trinajstić information content (AvgIpc) is 3.08. The molecule has 2 rings (SSSR count). The maximum atomic E-state index is 12.9. The number of hydrogen-bond acceptors (Lipinski definition) is 6. The van der Waals surface area contributed by atoms with Crippen molar-refractivity contribution in [1.82, 2.24) is 10.3 Å². The summed E-state index contributed by atoms with van der Waals surface area (Å²) in [4.78, 5) is 29.5. The van der Waals surface area contributed by atoms with Crippen molar-refractivity contribution >= 4 is 33.2 Å². The van der Waals surface area contributed by atoms with Crippen molar-refractivity contribution in [2.45, 2.75) is 44.6 Å². The van der Waals surface area contributed by atoms with Gasteiger partial charge in [-0.1, -0.05) is 12.1 Å². The topological polar surface area (TPSA) is 94.3 Å². The molecule has 0 spiro atoms. The van der Waals surface area contributed by atoms with Gasteiger partial charge in [-0.05, 0) is 50.8 Å².